The number of amides is 1. The summed E-state index contributed by atoms with van der Waals surface area (Å²) in [6.45, 7) is 7.26. The number of benzene rings is 1. The molecule has 122 valence electrons. The second-order valence-corrected chi connectivity index (χ2v) is 7.81. The summed E-state index contributed by atoms with van der Waals surface area (Å²) in [5, 5.41) is 3.06. The van der Waals surface area contributed by atoms with E-state index in [2.05, 4.69) is 48.5 Å². The van der Waals surface area contributed by atoms with Crippen LogP contribution in [-0.2, 0) is 4.79 Å². The zero-order valence-electron chi connectivity index (χ0n) is 14.0. The summed E-state index contributed by atoms with van der Waals surface area (Å²) >= 11 is 1.63. The lowest BCUT2D eigenvalue weighted by atomic mass is 9.94. The van der Waals surface area contributed by atoms with E-state index in [0.717, 1.165) is 23.8 Å². The van der Waals surface area contributed by atoms with E-state index in [9.17, 15) is 4.79 Å². The zero-order valence-corrected chi connectivity index (χ0v) is 14.8. The Morgan fingerprint density at radius 3 is 2.59 bits per heavy atom. The molecule has 0 aromatic heterocycles. The van der Waals surface area contributed by atoms with Crippen molar-refractivity contribution >= 4 is 17.7 Å². The molecule has 1 saturated heterocycles. The van der Waals surface area contributed by atoms with Crippen LogP contribution in [0, 0.1) is 12.8 Å². The van der Waals surface area contributed by atoms with Gasteiger partial charge in [-0.3, -0.25) is 4.79 Å². The lowest BCUT2D eigenvalue weighted by Gasteiger charge is -2.29. The smallest absolute Gasteiger partial charge is 0.233 e. The third-order valence-corrected chi connectivity index (χ3v) is 5.50. The number of nitrogens with one attached hydrogen (secondary N) is 1. The lowest BCUT2D eigenvalue weighted by Crippen LogP contribution is -2.35. The second-order valence-electron chi connectivity index (χ2n) is 6.40. The number of thioether (sulfide) groups is 1. The summed E-state index contributed by atoms with van der Waals surface area (Å²) < 4.78 is 0. The number of hydrogen-bond acceptors (Lipinski definition) is 3. The van der Waals surface area contributed by atoms with E-state index in [-0.39, 0.29) is 11.2 Å². The van der Waals surface area contributed by atoms with Gasteiger partial charge in [0.2, 0.25) is 5.91 Å². The van der Waals surface area contributed by atoms with Crippen molar-refractivity contribution in [1.29, 1.82) is 0 Å². The SMILES string of the molecule is Cc1ccc(SC(C)C(=O)NCCC2CCN(C)CC2)cc1. The third kappa shape index (κ3) is 5.65. The Bertz CT molecular complexity index is 466. The van der Waals surface area contributed by atoms with E-state index in [1.54, 1.807) is 11.8 Å². The van der Waals surface area contributed by atoms with E-state index in [1.807, 2.05) is 6.92 Å². The number of likely N-dealkylation sites (tertiary alicyclic amines) is 1. The van der Waals surface area contributed by atoms with Gasteiger partial charge in [-0.1, -0.05) is 17.7 Å². The van der Waals surface area contributed by atoms with Gasteiger partial charge in [0.25, 0.3) is 0 Å². The number of carbonyl (C=O) groups excluding carboxylic acids is 1. The molecule has 0 aliphatic carbocycles. The monoisotopic (exact) mass is 320 g/mol. The van der Waals surface area contributed by atoms with Crippen molar-refractivity contribution in [1.82, 2.24) is 10.2 Å². The Morgan fingerprint density at radius 1 is 1.32 bits per heavy atom. The molecular weight excluding hydrogens is 292 g/mol. The van der Waals surface area contributed by atoms with Gasteiger partial charge >= 0.3 is 0 Å². The van der Waals surface area contributed by atoms with Gasteiger partial charge in [-0.15, -0.1) is 11.8 Å². The summed E-state index contributed by atoms with van der Waals surface area (Å²) in [6, 6.07) is 8.35. The van der Waals surface area contributed by atoms with Crippen molar-refractivity contribution in [2.45, 2.75) is 43.3 Å². The Labute approximate surface area is 138 Å². The molecule has 0 radical (unpaired) electrons. The van der Waals surface area contributed by atoms with Crippen molar-refractivity contribution < 1.29 is 4.79 Å². The van der Waals surface area contributed by atoms with Gasteiger partial charge in [-0.2, -0.15) is 0 Å². The molecular formula is C18H28N2OS. The molecule has 1 aromatic carbocycles. The fraction of sp³-hybridized carbons (Fsp3) is 0.611. The second kappa shape index (κ2) is 8.59. The molecule has 4 heteroatoms. The van der Waals surface area contributed by atoms with Crippen LogP contribution in [0.1, 0.15) is 31.7 Å². The summed E-state index contributed by atoms with van der Waals surface area (Å²) in [4.78, 5) is 15.7. The molecule has 22 heavy (non-hydrogen) atoms. The molecule has 1 aromatic rings. The van der Waals surface area contributed by atoms with E-state index < -0.39 is 0 Å². The number of nitrogens with zero attached hydrogens (tertiary/aromatic N) is 1. The minimum Gasteiger partial charge on any atom is -0.355 e. The maximum Gasteiger partial charge on any atom is 0.233 e. The van der Waals surface area contributed by atoms with Crippen molar-refractivity contribution in [3.63, 3.8) is 0 Å². The van der Waals surface area contributed by atoms with Gasteiger partial charge < -0.3 is 10.2 Å². The first kappa shape index (κ1) is 17.4. The highest BCUT2D eigenvalue weighted by Gasteiger charge is 2.18. The van der Waals surface area contributed by atoms with Crippen molar-refractivity contribution in [3.05, 3.63) is 29.8 Å². The van der Waals surface area contributed by atoms with Crippen LogP contribution < -0.4 is 5.32 Å². The van der Waals surface area contributed by atoms with Crippen LogP contribution in [0.2, 0.25) is 0 Å². The Kier molecular flexibility index (Phi) is 6.77. The number of rotatable bonds is 6. The minimum absolute atomic E-state index is 0.0415. The average Bonchev–Trinajstić information content (AvgIpc) is 2.51. The first-order chi connectivity index (χ1) is 10.5. The highest BCUT2D eigenvalue weighted by molar-refractivity contribution is 8.00. The molecule has 1 unspecified atom stereocenters. The molecule has 1 fully saturated rings. The predicted molar refractivity (Wildman–Crippen MR) is 94.3 cm³/mol. The molecule has 0 bridgehead atoms. The Morgan fingerprint density at radius 2 is 1.95 bits per heavy atom. The summed E-state index contributed by atoms with van der Waals surface area (Å²) in [5.41, 5.74) is 1.25. The van der Waals surface area contributed by atoms with Gasteiger partial charge in [0.15, 0.2) is 0 Å². The summed E-state index contributed by atoms with van der Waals surface area (Å²) in [6.07, 6.45) is 3.64. The van der Waals surface area contributed by atoms with Crippen molar-refractivity contribution in [2.24, 2.45) is 5.92 Å². The van der Waals surface area contributed by atoms with E-state index in [4.69, 9.17) is 0 Å². The van der Waals surface area contributed by atoms with Gasteiger partial charge in [0.1, 0.15) is 0 Å². The predicted octanol–water partition coefficient (Wildman–Crippen LogP) is 3.32. The number of piperidine rings is 1. The molecule has 1 aliphatic heterocycles. The third-order valence-electron chi connectivity index (χ3n) is 4.39. The summed E-state index contributed by atoms with van der Waals surface area (Å²) in [5.74, 6) is 0.926. The lowest BCUT2D eigenvalue weighted by molar-refractivity contribution is -0.120. The number of aryl methyl sites for hydroxylation is 1. The molecule has 3 nitrogen and oxygen atoms in total. The van der Waals surface area contributed by atoms with Gasteiger partial charge in [-0.25, -0.2) is 0 Å². The van der Waals surface area contributed by atoms with E-state index in [1.165, 1.54) is 31.5 Å². The highest BCUT2D eigenvalue weighted by atomic mass is 32.2. The van der Waals surface area contributed by atoms with Crippen LogP contribution in [-0.4, -0.2) is 42.7 Å². The first-order valence-corrected chi connectivity index (χ1v) is 9.12. The van der Waals surface area contributed by atoms with E-state index in [0.29, 0.717) is 0 Å². The van der Waals surface area contributed by atoms with Crippen LogP contribution >= 0.6 is 11.8 Å². The first-order valence-electron chi connectivity index (χ1n) is 8.24. The van der Waals surface area contributed by atoms with Crippen LogP contribution in [0.5, 0.6) is 0 Å². The van der Waals surface area contributed by atoms with E-state index >= 15 is 0 Å². The molecule has 1 aliphatic rings. The average molecular weight is 321 g/mol. The maximum atomic E-state index is 12.2. The molecule has 1 heterocycles. The summed E-state index contributed by atoms with van der Waals surface area (Å²) in [7, 11) is 2.18. The highest BCUT2D eigenvalue weighted by Crippen LogP contribution is 2.23. The Hall–Kier alpha value is -1.00. The minimum atomic E-state index is -0.0415. The fourth-order valence-corrected chi connectivity index (χ4v) is 3.66. The van der Waals surface area contributed by atoms with Crippen LogP contribution in [0.15, 0.2) is 29.2 Å². The number of hydrogen-bond donors (Lipinski definition) is 1. The quantitative estimate of drug-likeness (QED) is 0.816. The fourth-order valence-electron chi connectivity index (χ4n) is 2.77. The Balaban J connectivity index is 1.67. The van der Waals surface area contributed by atoms with Crippen molar-refractivity contribution in [3.8, 4) is 0 Å². The largest absolute Gasteiger partial charge is 0.355 e. The molecule has 0 spiro atoms. The van der Waals surface area contributed by atoms with Crippen LogP contribution in [0.4, 0.5) is 0 Å². The number of carbonyl (C=O) groups is 1. The van der Waals surface area contributed by atoms with Crippen LogP contribution in [0.3, 0.4) is 0 Å². The molecule has 1 amide bonds. The molecule has 1 atom stereocenters. The maximum absolute atomic E-state index is 12.2. The standard InChI is InChI=1S/C18H28N2OS/c1-14-4-6-17(7-5-14)22-15(2)18(21)19-11-8-16-9-12-20(3)13-10-16/h4-7,15-16H,8-13H2,1-3H3,(H,19,21). The zero-order chi connectivity index (χ0) is 15.9. The topological polar surface area (TPSA) is 32.3 Å². The normalized spacial score (nSPS) is 18.1. The van der Waals surface area contributed by atoms with Gasteiger partial charge in [0, 0.05) is 11.4 Å². The molecule has 0 saturated carbocycles. The van der Waals surface area contributed by atoms with Gasteiger partial charge in [-0.05, 0) is 71.3 Å². The van der Waals surface area contributed by atoms with Gasteiger partial charge in [0.05, 0.1) is 5.25 Å². The molecule has 2 rings (SSSR count). The van der Waals surface area contributed by atoms with Crippen molar-refractivity contribution in [2.75, 3.05) is 26.7 Å². The molecule has 1 N–H and O–H groups in total. The van der Waals surface area contributed by atoms with Crippen LogP contribution in [0.25, 0.3) is 0 Å².